The van der Waals surface area contributed by atoms with E-state index in [4.69, 9.17) is 4.98 Å². The summed E-state index contributed by atoms with van der Waals surface area (Å²) < 4.78 is 0. The summed E-state index contributed by atoms with van der Waals surface area (Å²) in [5.74, 6) is 1.76. The molecule has 0 spiro atoms. The molecule has 2 aromatic rings. The van der Waals surface area contributed by atoms with E-state index in [-0.39, 0.29) is 0 Å². The summed E-state index contributed by atoms with van der Waals surface area (Å²) in [7, 11) is 2.20. The van der Waals surface area contributed by atoms with Crippen molar-refractivity contribution in [3.05, 3.63) is 48.2 Å². The first-order valence-corrected chi connectivity index (χ1v) is 9.46. The van der Waals surface area contributed by atoms with Crippen LogP contribution in [-0.4, -0.2) is 38.2 Å². The Morgan fingerprint density at radius 1 is 1.00 bits per heavy atom. The van der Waals surface area contributed by atoms with Crippen molar-refractivity contribution in [2.75, 3.05) is 47.9 Å². The number of hydrogen-bond acceptors (Lipinski definition) is 4. The van der Waals surface area contributed by atoms with Crippen LogP contribution in [0.3, 0.4) is 0 Å². The fraction of sp³-hybridized carbons (Fsp3) is 0.476. The molecule has 1 aromatic carbocycles. The molecule has 0 radical (unpaired) electrons. The van der Waals surface area contributed by atoms with E-state index in [1.54, 1.807) is 0 Å². The number of hydrogen-bond donors (Lipinski definition) is 0. The molecule has 2 aliphatic rings. The molecule has 0 N–H and O–H groups in total. The molecular weight excluding hydrogens is 308 g/mol. The summed E-state index contributed by atoms with van der Waals surface area (Å²) >= 11 is 0. The molecular formula is C21H28N4. The molecule has 4 nitrogen and oxygen atoms in total. The van der Waals surface area contributed by atoms with Crippen molar-refractivity contribution in [3.8, 4) is 0 Å². The lowest BCUT2D eigenvalue weighted by molar-refractivity contribution is 0.570. The minimum absolute atomic E-state index is 0.634. The minimum Gasteiger partial charge on any atom is -0.373 e. The molecule has 1 atom stereocenters. The van der Waals surface area contributed by atoms with Gasteiger partial charge in [0.2, 0.25) is 0 Å². The SMILES string of the molecule is C[C@H]1CN(C)c2ccccc2N(Cc2ccc(N3CCCC3)nc2)C1. The highest BCUT2D eigenvalue weighted by atomic mass is 15.2. The van der Waals surface area contributed by atoms with E-state index in [0.717, 1.165) is 38.5 Å². The predicted octanol–water partition coefficient (Wildman–Crippen LogP) is 3.77. The van der Waals surface area contributed by atoms with Gasteiger partial charge in [-0.15, -0.1) is 0 Å². The topological polar surface area (TPSA) is 22.6 Å². The Kier molecular flexibility index (Phi) is 4.51. The first-order valence-electron chi connectivity index (χ1n) is 9.46. The van der Waals surface area contributed by atoms with Crippen molar-refractivity contribution in [1.29, 1.82) is 0 Å². The first kappa shape index (κ1) is 16.2. The monoisotopic (exact) mass is 336 g/mol. The van der Waals surface area contributed by atoms with E-state index in [2.05, 4.69) is 71.3 Å². The van der Waals surface area contributed by atoms with Crippen LogP contribution in [0.1, 0.15) is 25.3 Å². The van der Waals surface area contributed by atoms with Gasteiger partial charge >= 0.3 is 0 Å². The summed E-state index contributed by atoms with van der Waals surface area (Å²) in [6, 6.07) is 13.2. The summed E-state index contributed by atoms with van der Waals surface area (Å²) in [6.45, 7) is 7.73. The average Bonchev–Trinajstić information content (AvgIpc) is 3.12. The van der Waals surface area contributed by atoms with Gasteiger partial charge in [-0.05, 0) is 42.5 Å². The van der Waals surface area contributed by atoms with Crippen molar-refractivity contribution >= 4 is 17.2 Å². The zero-order valence-corrected chi connectivity index (χ0v) is 15.4. The quantitative estimate of drug-likeness (QED) is 0.851. The number of fused-ring (bicyclic) bond motifs is 1. The molecule has 132 valence electrons. The van der Waals surface area contributed by atoms with Crippen molar-refractivity contribution in [2.45, 2.75) is 26.3 Å². The molecule has 25 heavy (non-hydrogen) atoms. The van der Waals surface area contributed by atoms with Crippen LogP contribution in [-0.2, 0) is 6.54 Å². The molecule has 1 fully saturated rings. The van der Waals surface area contributed by atoms with Crippen LogP contribution in [0.4, 0.5) is 17.2 Å². The van der Waals surface area contributed by atoms with Gasteiger partial charge in [0.25, 0.3) is 0 Å². The maximum Gasteiger partial charge on any atom is 0.128 e. The van der Waals surface area contributed by atoms with Crippen LogP contribution in [0, 0.1) is 5.92 Å². The van der Waals surface area contributed by atoms with Crippen LogP contribution >= 0.6 is 0 Å². The average molecular weight is 336 g/mol. The zero-order chi connectivity index (χ0) is 17.2. The zero-order valence-electron chi connectivity index (χ0n) is 15.4. The summed E-state index contributed by atoms with van der Waals surface area (Å²) in [6.07, 6.45) is 4.65. The van der Waals surface area contributed by atoms with E-state index in [9.17, 15) is 0 Å². The molecule has 0 amide bonds. The van der Waals surface area contributed by atoms with Gasteiger partial charge in [-0.3, -0.25) is 0 Å². The van der Waals surface area contributed by atoms with E-state index in [1.807, 2.05) is 0 Å². The maximum absolute atomic E-state index is 4.73. The number of rotatable bonds is 3. The Hall–Kier alpha value is -2.23. The third-order valence-corrected chi connectivity index (χ3v) is 5.36. The van der Waals surface area contributed by atoms with Crippen molar-refractivity contribution in [3.63, 3.8) is 0 Å². The lowest BCUT2D eigenvalue weighted by Gasteiger charge is -2.26. The van der Waals surface area contributed by atoms with Crippen molar-refractivity contribution in [2.24, 2.45) is 5.92 Å². The second kappa shape index (κ2) is 6.95. The van der Waals surface area contributed by atoms with Crippen molar-refractivity contribution < 1.29 is 0 Å². The predicted molar refractivity (Wildman–Crippen MR) is 106 cm³/mol. The summed E-state index contributed by atoms with van der Waals surface area (Å²) in [5.41, 5.74) is 3.95. The Morgan fingerprint density at radius 2 is 1.76 bits per heavy atom. The molecule has 1 aromatic heterocycles. The van der Waals surface area contributed by atoms with Crippen LogP contribution < -0.4 is 14.7 Å². The molecule has 0 aliphatic carbocycles. The molecule has 1 saturated heterocycles. The molecule has 0 saturated carbocycles. The second-order valence-corrected chi connectivity index (χ2v) is 7.57. The van der Waals surface area contributed by atoms with E-state index < -0.39 is 0 Å². The largest absolute Gasteiger partial charge is 0.373 e. The van der Waals surface area contributed by atoms with Gasteiger partial charge in [0.05, 0.1) is 11.4 Å². The standard InChI is InChI=1S/C21H28N4/c1-17-14-23(2)19-7-3-4-8-20(19)25(15-17)16-18-9-10-21(22-13-18)24-11-5-6-12-24/h3-4,7-10,13,17H,5-6,11-12,14-16H2,1-2H3/t17-/m0/s1. The lowest BCUT2D eigenvalue weighted by atomic mass is 10.1. The van der Waals surface area contributed by atoms with Gasteiger partial charge in [0.15, 0.2) is 0 Å². The summed E-state index contributed by atoms with van der Waals surface area (Å²) in [4.78, 5) is 12.0. The number of pyridine rings is 1. The number of nitrogens with zero attached hydrogens (tertiary/aromatic N) is 4. The van der Waals surface area contributed by atoms with Crippen LogP contribution in [0.25, 0.3) is 0 Å². The van der Waals surface area contributed by atoms with Gasteiger partial charge in [0.1, 0.15) is 5.82 Å². The Bertz CT molecular complexity index is 706. The summed E-state index contributed by atoms with van der Waals surface area (Å²) in [5, 5.41) is 0. The lowest BCUT2D eigenvalue weighted by Crippen LogP contribution is -2.29. The fourth-order valence-electron chi connectivity index (χ4n) is 4.17. The van der Waals surface area contributed by atoms with Crippen molar-refractivity contribution in [1.82, 2.24) is 4.98 Å². The minimum atomic E-state index is 0.634. The van der Waals surface area contributed by atoms with Gasteiger partial charge in [-0.1, -0.05) is 25.1 Å². The Labute approximate surface area is 151 Å². The molecule has 2 aliphatic heterocycles. The van der Waals surface area contributed by atoms with Gasteiger partial charge < -0.3 is 14.7 Å². The Morgan fingerprint density at radius 3 is 2.48 bits per heavy atom. The van der Waals surface area contributed by atoms with E-state index in [0.29, 0.717) is 5.92 Å². The fourth-order valence-corrected chi connectivity index (χ4v) is 4.17. The highest BCUT2D eigenvalue weighted by Gasteiger charge is 2.22. The van der Waals surface area contributed by atoms with Gasteiger partial charge in [-0.25, -0.2) is 4.98 Å². The molecule has 0 unspecified atom stereocenters. The van der Waals surface area contributed by atoms with Crippen LogP contribution in [0.2, 0.25) is 0 Å². The highest BCUT2D eigenvalue weighted by molar-refractivity contribution is 5.72. The Balaban J connectivity index is 1.55. The van der Waals surface area contributed by atoms with Crippen LogP contribution in [0.15, 0.2) is 42.6 Å². The second-order valence-electron chi connectivity index (χ2n) is 7.57. The molecule has 0 bridgehead atoms. The maximum atomic E-state index is 4.73. The van der Waals surface area contributed by atoms with Gasteiger partial charge in [-0.2, -0.15) is 0 Å². The third kappa shape index (κ3) is 3.44. The molecule has 3 heterocycles. The van der Waals surface area contributed by atoms with E-state index in [1.165, 1.54) is 29.8 Å². The normalized spacial score (nSPS) is 20.6. The number of aromatic nitrogens is 1. The number of anilines is 3. The number of para-hydroxylation sites is 2. The number of benzene rings is 1. The smallest absolute Gasteiger partial charge is 0.128 e. The highest BCUT2D eigenvalue weighted by Crippen LogP contribution is 2.33. The third-order valence-electron chi connectivity index (χ3n) is 5.36. The molecule has 4 rings (SSSR count). The van der Waals surface area contributed by atoms with E-state index >= 15 is 0 Å². The first-order chi connectivity index (χ1) is 12.2. The molecule has 4 heteroatoms. The van der Waals surface area contributed by atoms with Gasteiger partial charge in [0, 0.05) is 46.0 Å². The van der Waals surface area contributed by atoms with Crippen LogP contribution in [0.5, 0.6) is 0 Å².